The van der Waals surface area contributed by atoms with Crippen LogP contribution in [0.15, 0.2) is 48.7 Å². The number of carbonyl (C=O) groups excluding carboxylic acids is 3. The number of fused-ring (bicyclic) bond motifs is 1. The van der Waals surface area contributed by atoms with Crippen LogP contribution in [0.3, 0.4) is 0 Å². The van der Waals surface area contributed by atoms with Gasteiger partial charge in [0.25, 0.3) is 0 Å². The highest BCUT2D eigenvalue weighted by Crippen LogP contribution is 2.24. The Hall–Kier alpha value is -3.29. The van der Waals surface area contributed by atoms with Gasteiger partial charge < -0.3 is 19.4 Å². The fraction of sp³-hybridized carbons (Fsp3) is 0.541. The third-order valence-corrected chi connectivity index (χ3v) is 8.10. The Morgan fingerprint density at radius 1 is 0.795 bits per heavy atom. The quantitative estimate of drug-likeness (QED) is 0.0752. The summed E-state index contributed by atoms with van der Waals surface area (Å²) < 4.78 is 6.84. The first-order valence-corrected chi connectivity index (χ1v) is 16.8. The Kier molecular flexibility index (Phi) is 15.3. The van der Waals surface area contributed by atoms with E-state index in [4.69, 9.17) is 4.74 Å². The van der Waals surface area contributed by atoms with Gasteiger partial charge in [0.15, 0.2) is 5.78 Å². The topological polar surface area (TPSA) is 80.1 Å². The van der Waals surface area contributed by atoms with Crippen molar-refractivity contribution < 1.29 is 19.1 Å². The summed E-state index contributed by atoms with van der Waals surface area (Å²) in [5.74, 6) is -0.328. The number of benzene rings is 1. The molecule has 44 heavy (non-hydrogen) atoms. The lowest BCUT2D eigenvalue weighted by atomic mass is 10.00. The fourth-order valence-electron chi connectivity index (χ4n) is 5.53. The van der Waals surface area contributed by atoms with Crippen molar-refractivity contribution in [3.63, 3.8) is 0 Å². The van der Waals surface area contributed by atoms with Gasteiger partial charge in [-0.2, -0.15) is 0 Å². The predicted molar refractivity (Wildman–Crippen MR) is 179 cm³/mol. The molecule has 0 saturated carbocycles. The molecule has 0 unspecified atom stereocenters. The summed E-state index contributed by atoms with van der Waals surface area (Å²) >= 11 is 0. The second kappa shape index (κ2) is 19.2. The van der Waals surface area contributed by atoms with E-state index in [9.17, 15) is 14.4 Å². The van der Waals surface area contributed by atoms with Gasteiger partial charge in [0.05, 0.1) is 18.8 Å². The van der Waals surface area contributed by atoms with E-state index in [0.29, 0.717) is 30.0 Å². The number of carbonyl (C=O) groups is 3. The minimum absolute atomic E-state index is 0.00945. The summed E-state index contributed by atoms with van der Waals surface area (Å²) in [7, 11) is 0. The summed E-state index contributed by atoms with van der Waals surface area (Å²) in [6, 6.07) is 13.8. The van der Waals surface area contributed by atoms with Crippen molar-refractivity contribution in [1.29, 1.82) is 0 Å². The lowest BCUT2D eigenvalue weighted by Crippen LogP contribution is -2.27. The molecule has 2 heterocycles. The minimum atomic E-state index is -0.326. The Labute approximate surface area is 264 Å². The van der Waals surface area contributed by atoms with Gasteiger partial charge in [-0.15, -0.1) is 0 Å². The SMILES string of the molecule is CCCCc1cc2cc(C(=O)CCNCC(=O)OCC)ccn2c1C(=O)c1ccc(CCCN(CCCC)CCCC)cc1. The van der Waals surface area contributed by atoms with Gasteiger partial charge in [0.2, 0.25) is 5.78 Å². The van der Waals surface area contributed by atoms with Crippen molar-refractivity contribution in [2.45, 2.75) is 91.9 Å². The molecule has 7 nitrogen and oxygen atoms in total. The maximum Gasteiger partial charge on any atom is 0.319 e. The second-order valence-corrected chi connectivity index (χ2v) is 11.7. The number of nitrogens with zero attached hydrogens (tertiary/aromatic N) is 2. The molecular formula is C37H53N3O4. The van der Waals surface area contributed by atoms with Gasteiger partial charge >= 0.3 is 5.97 Å². The van der Waals surface area contributed by atoms with E-state index in [-0.39, 0.29) is 30.5 Å². The van der Waals surface area contributed by atoms with Crippen LogP contribution < -0.4 is 5.32 Å². The molecule has 7 heteroatoms. The number of nitrogens with one attached hydrogen (secondary N) is 1. The fourth-order valence-corrected chi connectivity index (χ4v) is 5.53. The van der Waals surface area contributed by atoms with Crippen LogP contribution in [0.4, 0.5) is 0 Å². The summed E-state index contributed by atoms with van der Waals surface area (Å²) in [4.78, 5) is 40.9. The number of esters is 1. The Balaban J connectivity index is 1.69. The molecular weight excluding hydrogens is 550 g/mol. The number of unbranched alkanes of at least 4 members (excludes halogenated alkanes) is 3. The van der Waals surface area contributed by atoms with Gasteiger partial charge in [-0.05, 0) is 94.4 Å². The van der Waals surface area contributed by atoms with E-state index >= 15 is 0 Å². The van der Waals surface area contributed by atoms with Gasteiger partial charge in [0, 0.05) is 35.8 Å². The summed E-state index contributed by atoms with van der Waals surface area (Å²) in [5, 5.41) is 2.96. The molecule has 0 radical (unpaired) electrons. The van der Waals surface area contributed by atoms with Crippen LogP contribution in [-0.2, 0) is 22.4 Å². The van der Waals surface area contributed by atoms with E-state index in [2.05, 4.69) is 49.2 Å². The molecule has 0 aliphatic heterocycles. The summed E-state index contributed by atoms with van der Waals surface area (Å²) in [5.41, 5.74) is 5.09. The predicted octanol–water partition coefficient (Wildman–Crippen LogP) is 7.07. The first kappa shape index (κ1) is 35.2. The molecule has 3 rings (SSSR count). The van der Waals surface area contributed by atoms with Crippen LogP contribution in [0.25, 0.3) is 5.52 Å². The Morgan fingerprint density at radius 3 is 2.14 bits per heavy atom. The highest BCUT2D eigenvalue weighted by Gasteiger charge is 2.20. The summed E-state index contributed by atoms with van der Waals surface area (Å²) in [6.45, 7) is 12.7. The molecule has 0 amide bonds. The Bertz CT molecular complexity index is 1320. The molecule has 1 N–H and O–H groups in total. The minimum Gasteiger partial charge on any atom is -0.465 e. The third-order valence-electron chi connectivity index (χ3n) is 8.10. The number of hydrogen-bond acceptors (Lipinski definition) is 6. The van der Waals surface area contributed by atoms with Crippen LogP contribution in [0.5, 0.6) is 0 Å². The monoisotopic (exact) mass is 603 g/mol. The van der Waals surface area contributed by atoms with Crippen molar-refractivity contribution in [3.05, 3.63) is 76.6 Å². The number of Topliss-reactive ketones (excluding diaryl/α,β-unsaturated/α-hetero) is 1. The number of ketones is 2. The molecule has 0 bridgehead atoms. The highest BCUT2D eigenvalue weighted by molar-refractivity contribution is 6.10. The van der Waals surface area contributed by atoms with Gasteiger partial charge in [0.1, 0.15) is 0 Å². The van der Waals surface area contributed by atoms with Crippen LogP contribution in [0.2, 0.25) is 0 Å². The zero-order valence-electron chi connectivity index (χ0n) is 27.5. The molecule has 0 aliphatic rings. The van der Waals surface area contributed by atoms with E-state index in [1.54, 1.807) is 13.0 Å². The highest BCUT2D eigenvalue weighted by atomic mass is 16.5. The van der Waals surface area contributed by atoms with Crippen LogP contribution >= 0.6 is 0 Å². The summed E-state index contributed by atoms with van der Waals surface area (Å²) in [6.07, 6.45) is 12.0. The standard InChI is InChI=1S/C37H53N3O4/c1-5-9-14-32-27-33-26-31(34(41)19-21-38-28-35(42)44-8-4)20-25-40(33)36(32)37(43)30-17-15-29(16-18-30)13-12-24-39(22-10-6-2)23-11-7-3/h15-18,20,25-27,38H,5-14,19,21-24,28H2,1-4H3. The average Bonchev–Trinajstić information content (AvgIpc) is 3.40. The van der Waals surface area contributed by atoms with Gasteiger partial charge in [-0.1, -0.05) is 64.3 Å². The van der Waals surface area contributed by atoms with E-state index in [1.165, 1.54) is 44.3 Å². The number of pyridine rings is 1. The third kappa shape index (κ3) is 10.7. The van der Waals surface area contributed by atoms with Crippen molar-refractivity contribution in [3.8, 4) is 0 Å². The maximum atomic E-state index is 13.9. The number of aryl methyl sites for hydroxylation is 2. The van der Waals surface area contributed by atoms with E-state index < -0.39 is 0 Å². The molecule has 0 spiro atoms. The smallest absolute Gasteiger partial charge is 0.319 e. The van der Waals surface area contributed by atoms with E-state index in [1.807, 2.05) is 28.8 Å². The molecule has 0 aliphatic carbocycles. The molecule has 0 saturated heterocycles. The van der Waals surface area contributed by atoms with E-state index in [0.717, 1.165) is 49.7 Å². The first-order valence-electron chi connectivity index (χ1n) is 16.8. The molecule has 2 aromatic heterocycles. The van der Waals surface area contributed by atoms with Crippen molar-refractivity contribution in [2.75, 3.05) is 39.3 Å². The van der Waals surface area contributed by atoms with Crippen LogP contribution in [0, 0.1) is 0 Å². The maximum absolute atomic E-state index is 13.9. The zero-order chi connectivity index (χ0) is 31.7. The van der Waals surface area contributed by atoms with Crippen LogP contribution in [-0.4, -0.2) is 66.2 Å². The Morgan fingerprint density at radius 2 is 1.48 bits per heavy atom. The average molecular weight is 604 g/mol. The number of aromatic nitrogens is 1. The zero-order valence-corrected chi connectivity index (χ0v) is 27.5. The lowest BCUT2D eigenvalue weighted by Gasteiger charge is -2.21. The first-order chi connectivity index (χ1) is 21.4. The molecule has 3 aromatic rings. The molecule has 0 fully saturated rings. The van der Waals surface area contributed by atoms with Crippen LogP contribution in [0.1, 0.15) is 117 Å². The normalized spacial score (nSPS) is 11.4. The number of hydrogen-bond donors (Lipinski definition) is 1. The number of rotatable bonds is 22. The van der Waals surface area contributed by atoms with Crippen molar-refractivity contribution in [1.82, 2.24) is 14.6 Å². The van der Waals surface area contributed by atoms with Crippen molar-refractivity contribution in [2.24, 2.45) is 0 Å². The number of ether oxygens (including phenoxy) is 1. The molecule has 1 aromatic carbocycles. The van der Waals surface area contributed by atoms with Crippen molar-refractivity contribution >= 4 is 23.1 Å². The molecule has 0 atom stereocenters. The lowest BCUT2D eigenvalue weighted by molar-refractivity contribution is -0.142. The van der Waals surface area contributed by atoms with Gasteiger partial charge in [-0.3, -0.25) is 14.4 Å². The second-order valence-electron chi connectivity index (χ2n) is 11.7. The molecule has 240 valence electrons. The van der Waals surface area contributed by atoms with Gasteiger partial charge in [-0.25, -0.2) is 0 Å². The largest absolute Gasteiger partial charge is 0.465 e.